The second-order valence-corrected chi connectivity index (χ2v) is 4.80. The van der Waals surface area contributed by atoms with Crippen molar-refractivity contribution < 1.29 is 4.74 Å². The molecule has 0 bridgehead atoms. The molecule has 1 unspecified atom stereocenters. The van der Waals surface area contributed by atoms with Crippen LogP contribution in [0.1, 0.15) is 17.2 Å². The third-order valence-electron chi connectivity index (χ3n) is 3.10. The Morgan fingerprint density at radius 3 is 2.74 bits per heavy atom. The first-order chi connectivity index (χ1) is 9.26. The van der Waals surface area contributed by atoms with Crippen molar-refractivity contribution in [2.75, 3.05) is 11.9 Å². The highest BCUT2D eigenvalue weighted by Crippen LogP contribution is 2.35. The summed E-state index contributed by atoms with van der Waals surface area (Å²) in [5.74, 6) is 0.796. The summed E-state index contributed by atoms with van der Waals surface area (Å²) in [6.45, 7) is 0.680. The van der Waals surface area contributed by atoms with Gasteiger partial charge in [-0.1, -0.05) is 23.7 Å². The molecule has 1 aliphatic rings. The monoisotopic (exact) mass is 270 g/mol. The molecule has 1 N–H and O–H groups in total. The number of hydrogen-bond donors (Lipinski definition) is 1. The van der Waals surface area contributed by atoms with Gasteiger partial charge in [0, 0.05) is 5.02 Å². The zero-order valence-electron chi connectivity index (χ0n) is 10.1. The molecular weight excluding hydrogens is 260 g/mol. The predicted molar refractivity (Wildman–Crippen MR) is 74.5 cm³/mol. The Bertz CT molecular complexity index is 646. The molecule has 0 radical (unpaired) electrons. The average molecular weight is 271 g/mol. The summed E-state index contributed by atoms with van der Waals surface area (Å²) in [4.78, 5) is 0. The molecule has 0 saturated heterocycles. The van der Waals surface area contributed by atoms with Gasteiger partial charge in [0.25, 0.3) is 0 Å². The van der Waals surface area contributed by atoms with Crippen LogP contribution in [0.15, 0.2) is 42.5 Å². The van der Waals surface area contributed by atoms with Crippen LogP contribution in [0.2, 0.25) is 5.02 Å². The zero-order valence-corrected chi connectivity index (χ0v) is 10.8. The summed E-state index contributed by atoms with van der Waals surface area (Å²) in [5, 5.41) is 12.8. The molecule has 1 heterocycles. The van der Waals surface area contributed by atoms with Crippen LogP contribution in [0.25, 0.3) is 0 Å². The van der Waals surface area contributed by atoms with Crippen LogP contribution in [-0.2, 0) is 0 Å². The number of nitriles is 1. The second kappa shape index (κ2) is 4.83. The summed E-state index contributed by atoms with van der Waals surface area (Å²) in [7, 11) is 0. The quantitative estimate of drug-likeness (QED) is 0.858. The number of benzene rings is 2. The fraction of sp³-hybridized carbons (Fsp3) is 0.133. The third kappa shape index (κ3) is 2.35. The molecule has 94 valence electrons. The Balaban J connectivity index is 1.85. The van der Waals surface area contributed by atoms with E-state index in [1.165, 1.54) is 0 Å². The highest BCUT2D eigenvalue weighted by Gasteiger charge is 2.20. The number of rotatable bonds is 1. The lowest BCUT2D eigenvalue weighted by molar-refractivity contribution is 0.210. The van der Waals surface area contributed by atoms with Crippen LogP contribution in [0.3, 0.4) is 0 Å². The number of nitrogens with zero attached hydrogens (tertiary/aromatic N) is 1. The van der Waals surface area contributed by atoms with Crippen LogP contribution >= 0.6 is 11.6 Å². The van der Waals surface area contributed by atoms with Crippen molar-refractivity contribution in [3.05, 3.63) is 58.6 Å². The van der Waals surface area contributed by atoms with Crippen molar-refractivity contribution in [2.45, 2.75) is 6.10 Å². The number of fused-ring (bicyclic) bond motifs is 1. The molecule has 19 heavy (non-hydrogen) atoms. The molecule has 1 aliphatic heterocycles. The second-order valence-electron chi connectivity index (χ2n) is 4.36. The predicted octanol–water partition coefficient (Wildman–Crippen LogP) is 3.76. The van der Waals surface area contributed by atoms with E-state index in [0.29, 0.717) is 17.1 Å². The summed E-state index contributed by atoms with van der Waals surface area (Å²) in [6.07, 6.45) is -0.0542. The Kier molecular flexibility index (Phi) is 3.02. The Hall–Kier alpha value is -2.18. The van der Waals surface area contributed by atoms with Crippen molar-refractivity contribution in [1.82, 2.24) is 0 Å². The van der Waals surface area contributed by atoms with Crippen molar-refractivity contribution in [2.24, 2.45) is 0 Å². The average Bonchev–Trinajstić information content (AvgIpc) is 2.47. The molecule has 0 spiro atoms. The van der Waals surface area contributed by atoms with Crippen LogP contribution < -0.4 is 10.1 Å². The topological polar surface area (TPSA) is 45.0 Å². The van der Waals surface area contributed by atoms with Gasteiger partial charge < -0.3 is 10.1 Å². The first-order valence-corrected chi connectivity index (χ1v) is 6.34. The Labute approximate surface area is 116 Å². The molecule has 2 aromatic rings. The van der Waals surface area contributed by atoms with Gasteiger partial charge in [-0.15, -0.1) is 0 Å². The highest BCUT2D eigenvalue weighted by molar-refractivity contribution is 6.30. The molecule has 3 rings (SSSR count). The van der Waals surface area contributed by atoms with E-state index in [1.54, 1.807) is 12.1 Å². The van der Waals surface area contributed by atoms with Crippen molar-refractivity contribution in [1.29, 1.82) is 5.26 Å². The van der Waals surface area contributed by atoms with Gasteiger partial charge in [0.1, 0.15) is 11.9 Å². The number of hydrogen-bond acceptors (Lipinski definition) is 3. The van der Waals surface area contributed by atoms with E-state index in [-0.39, 0.29) is 6.10 Å². The van der Waals surface area contributed by atoms with Crippen molar-refractivity contribution >= 4 is 17.3 Å². The van der Waals surface area contributed by atoms with E-state index in [4.69, 9.17) is 21.6 Å². The molecule has 0 aliphatic carbocycles. The highest BCUT2D eigenvalue weighted by atomic mass is 35.5. The minimum Gasteiger partial charge on any atom is -0.482 e. The number of anilines is 1. The SMILES string of the molecule is N#Cc1ccc(C2CNc3cc(Cl)ccc3O2)cc1. The third-order valence-corrected chi connectivity index (χ3v) is 3.34. The fourth-order valence-corrected chi connectivity index (χ4v) is 2.27. The lowest BCUT2D eigenvalue weighted by Crippen LogP contribution is -2.23. The Morgan fingerprint density at radius 2 is 2.00 bits per heavy atom. The Morgan fingerprint density at radius 1 is 1.21 bits per heavy atom. The van der Waals surface area contributed by atoms with Gasteiger partial charge in [-0.05, 0) is 35.9 Å². The van der Waals surface area contributed by atoms with Crippen molar-refractivity contribution in [3.8, 4) is 11.8 Å². The molecule has 0 amide bonds. The van der Waals surface area contributed by atoms with E-state index >= 15 is 0 Å². The van der Waals surface area contributed by atoms with Crippen LogP contribution in [0, 0.1) is 11.3 Å². The van der Waals surface area contributed by atoms with Crippen LogP contribution in [0.5, 0.6) is 5.75 Å². The van der Waals surface area contributed by atoms with E-state index in [1.807, 2.05) is 30.3 Å². The van der Waals surface area contributed by atoms with Crippen LogP contribution in [-0.4, -0.2) is 6.54 Å². The molecule has 0 saturated carbocycles. The lowest BCUT2D eigenvalue weighted by Gasteiger charge is -2.27. The van der Waals surface area contributed by atoms with Crippen molar-refractivity contribution in [3.63, 3.8) is 0 Å². The standard InChI is InChI=1S/C15H11ClN2O/c16-12-5-6-14-13(7-12)18-9-15(19-14)11-3-1-10(8-17)2-4-11/h1-7,15,18H,9H2. The molecule has 2 aromatic carbocycles. The number of nitrogens with one attached hydrogen (secondary N) is 1. The fourth-order valence-electron chi connectivity index (χ4n) is 2.10. The molecule has 1 atom stereocenters. The summed E-state index contributed by atoms with van der Waals surface area (Å²) in [6, 6.07) is 15.1. The molecule has 3 nitrogen and oxygen atoms in total. The van der Waals surface area contributed by atoms with E-state index in [9.17, 15) is 0 Å². The van der Waals surface area contributed by atoms with Gasteiger partial charge in [0.05, 0.1) is 23.9 Å². The molecular formula is C15H11ClN2O. The maximum Gasteiger partial charge on any atom is 0.143 e. The normalized spacial score (nSPS) is 16.7. The van der Waals surface area contributed by atoms with Gasteiger partial charge in [0.2, 0.25) is 0 Å². The number of halogens is 1. The van der Waals surface area contributed by atoms with Crippen LogP contribution in [0.4, 0.5) is 5.69 Å². The lowest BCUT2D eigenvalue weighted by atomic mass is 10.1. The summed E-state index contributed by atoms with van der Waals surface area (Å²) >= 11 is 5.94. The minimum atomic E-state index is -0.0542. The van der Waals surface area contributed by atoms with E-state index < -0.39 is 0 Å². The zero-order chi connectivity index (χ0) is 13.2. The maximum absolute atomic E-state index is 8.79. The first-order valence-electron chi connectivity index (χ1n) is 5.96. The number of ether oxygens (including phenoxy) is 1. The molecule has 0 fully saturated rings. The van der Waals surface area contributed by atoms with E-state index in [0.717, 1.165) is 17.0 Å². The van der Waals surface area contributed by atoms with Gasteiger partial charge in [0.15, 0.2) is 0 Å². The summed E-state index contributed by atoms with van der Waals surface area (Å²) in [5.41, 5.74) is 2.61. The molecule has 0 aromatic heterocycles. The van der Waals surface area contributed by atoms with Gasteiger partial charge in [-0.25, -0.2) is 0 Å². The summed E-state index contributed by atoms with van der Waals surface area (Å²) < 4.78 is 5.94. The molecule has 4 heteroatoms. The van der Waals surface area contributed by atoms with Gasteiger partial charge in [-0.2, -0.15) is 5.26 Å². The maximum atomic E-state index is 8.79. The smallest absolute Gasteiger partial charge is 0.143 e. The van der Waals surface area contributed by atoms with Gasteiger partial charge in [-0.3, -0.25) is 0 Å². The van der Waals surface area contributed by atoms with E-state index in [2.05, 4.69) is 11.4 Å². The van der Waals surface area contributed by atoms with Gasteiger partial charge >= 0.3 is 0 Å². The minimum absolute atomic E-state index is 0.0542. The first kappa shape index (κ1) is 11.9. The largest absolute Gasteiger partial charge is 0.482 e.